The molecule has 0 amide bonds. The summed E-state index contributed by atoms with van der Waals surface area (Å²) in [6, 6.07) is 14.5. The summed E-state index contributed by atoms with van der Waals surface area (Å²) in [6.45, 7) is 2.05. The molecular weight excluding hydrogens is 480 g/mol. The summed E-state index contributed by atoms with van der Waals surface area (Å²) in [5, 5.41) is 11.6. The summed E-state index contributed by atoms with van der Waals surface area (Å²) < 4.78 is 10.0. The molecule has 0 saturated heterocycles. The van der Waals surface area contributed by atoms with E-state index in [2.05, 4.69) is 0 Å². The van der Waals surface area contributed by atoms with Crippen molar-refractivity contribution < 1.29 is 19.4 Å². The molecule has 0 bridgehead atoms. The molecule has 2 aromatic carbocycles. The molecule has 33 heavy (non-hydrogen) atoms. The number of carboxylic acids is 1. The zero-order valence-electron chi connectivity index (χ0n) is 17.2. The third kappa shape index (κ3) is 3.77. The molecule has 11 heteroatoms. The Labute approximate surface area is 200 Å². The van der Waals surface area contributed by atoms with Gasteiger partial charge >= 0.3 is 5.97 Å². The Morgan fingerprint density at radius 2 is 1.88 bits per heavy atom. The molecule has 0 radical (unpaired) electrons. The number of benzene rings is 2. The van der Waals surface area contributed by atoms with Crippen LogP contribution >= 0.6 is 35.3 Å². The fourth-order valence-corrected chi connectivity index (χ4v) is 5.60. The van der Waals surface area contributed by atoms with Gasteiger partial charge in [-0.1, -0.05) is 35.2 Å². The Balaban J connectivity index is 1.74. The van der Waals surface area contributed by atoms with Gasteiger partial charge in [-0.25, -0.2) is 14.8 Å². The van der Waals surface area contributed by atoms with Gasteiger partial charge in [-0.05, 0) is 55.5 Å². The van der Waals surface area contributed by atoms with Crippen molar-refractivity contribution in [3.63, 3.8) is 0 Å². The van der Waals surface area contributed by atoms with Crippen LogP contribution in [0.2, 0.25) is 0 Å². The van der Waals surface area contributed by atoms with Crippen LogP contribution in [0.5, 0.6) is 0 Å². The number of para-hydroxylation sites is 2. The van der Waals surface area contributed by atoms with Crippen LogP contribution in [-0.4, -0.2) is 43.2 Å². The number of imidazole rings is 1. The molecule has 3 heterocycles. The van der Waals surface area contributed by atoms with E-state index in [0.717, 1.165) is 33.2 Å². The van der Waals surface area contributed by atoms with Gasteiger partial charge in [-0.2, -0.15) is 0 Å². The fourth-order valence-electron chi connectivity index (χ4n) is 3.53. The number of nitrogens with zero attached hydrogens (tertiary/aromatic N) is 4. The highest BCUT2D eigenvalue weighted by Gasteiger charge is 2.19. The number of ether oxygens (including phenoxy) is 1. The topological polar surface area (TPSA) is 102 Å². The minimum Gasteiger partial charge on any atom is -0.549 e. The van der Waals surface area contributed by atoms with Gasteiger partial charge in [0.2, 0.25) is 0 Å². The Morgan fingerprint density at radius 3 is 2.61 bits per heavy atom. The number of thioether (sulfide) groups is 1. The lowest BCUT2D eigenvalue weighted by Gasteiger charge is -2.09. The highest BCUT2D eigenvalue weighted by atomic mass is 32.2. The number of esters is 1. The number of carbonyl (C=O) groups is 2. The largest absolute Gasteiger partial charge is 0.549 e. The van der Waals surface area contributed by atoms with Gasteiger partial charge in [-0.15, -0.1) is 0 Å². The minimum atomic E-state index is -1.18. The number of rotatable bonds is 6. The second-order valence-corrected chi connectivity index (χ2v) is 9.52. The van der Waals surface area contributed by atoms with E-state index in [4.69, 9.17) is 26.9 Å². The van der Waals surface area contributed by atoms with Crippen molar-refractivity contribution in [3.8, 4) is 5.69 Å². The maximum absolute atomic E-state index is 12.0. The molecule has 0 saturated carbocycles. The Bertz CT molecular complexity index is 1600. The SMILES string of the molecule is CCOC(=O)c1ccc(-n2c(=S)sc3c2nc(SCC(=O)[O-])n2c4ccccc4nc32)cc1. The average molecular weight is 496 g/mol. The lowest BCUT2D eigenvalue weighted by molar-refractivity contribution is -0.301. The van der Waals surface area contributed by atoms with Gasteiger partial charge < -0.3 is 14.6 Å². The van der Waals surface area contributed by atoms with Crippen LogP contribution in [0.15, 0.2) is 53.7 Å². The third-order valence-corrected chi connectivity index (χ3v) is 7.17. The molecule has 5 rings (SSSR count). The van der Waals surface area contributed by atoms with Crippen molar-refractivity contribution >= 4 is 74.3 Å². The second kappa shape index (κ2) is 8.58. The molecule has 0 N–H and O–H groups in total. The van der Waals surface area contributed by atoms with Crippen LogP contribution in [0.3, 0.4) is 0 Å². The van der Waals surface area contributed by atoms with Gasteiger partial charge in [0.25, 0.3) is 0 Å². The first-order valence-corrected chi connectivity index (χ1v) is 12.1. The van der Waals surface area contributed by atoms with Crippen molar-refractivity contribution in [2.45, 2.75) is 12.1 Å². The summed E-state index contributed by atoms with van der Waals surface area (Å²) in [4.78, 5) is 32.7. The first-order chi connectivity index (χ1) is 16.0. The van der Waals surface area contributed by atoms with E-state index in [-0.39, 0.29) is 5.75 Å². The number of fused-ring (bicyclic) bond motifs is 5. The summed E-state index contributed by atoms with van der Waals surface area (Å²) in [5.41, 5.74) is 3.98. The third-order valence-electron chi connectivity index (χ3n) is 4.90. The van der Waals surface area contributed by atoms with Gasteiger partial charge in [0.1, 0.15) is 4.70 Å². The van der Waals surface area contributed by atoms with E-state index in [1.165, 1.54) is 11.3 Å². The number of aromatic nitrogens is 4. The predicted molar refractivity (Wildman–Crippen MR) is 128 cm³/mol. The Morgan fingerprint density at radius 1 is 1.12 bits per heavy atom. The molecule has 8 nitrogen and oxygen atoms in total. The quantitative estimate of drug-likeness (QED) is 0.152. The van der Waals surface area contributed by atoms with Crippen molar-refractivity contribution in [1.82, 2.24) is 18.9 Å². The summed E-state index contributed by atoms with van der Waals surface area (Å²) in [5.74, 6) is -1.83. The van der Waals surface area contributed by atoms with Crippen LogP contribution in [0.1, 0.15) is 17.3 Å². The molecule has 0 aliphatic rings. The smallest absolute Gasteiger partial charge is 0.338 e. The molecule has 0 aliphatic carbocycles. The number of hydrogen-bond donors (Lipinski definition) is 0. The highest BCUT2D eigenvalue weighted by molar-refractivity contribution is 7.99. The van der Waals surface area contributed by atoms with Gasteiger partial charge in [0, 0.05) is 11.4 Å². The number of carbonyl (C=O) groups excluding carboxylic acids is 2. The molecule has 0 unspecified atom stereocenters. The van der Waals surface area contributed by atoms with E-state index in [1.54, 1.807) is 35.8 Å². The van der Waals surface area contributed by atoms with Gasteiger partial charge in [0.15, 0.2) is 20.4 Å². The number of hydrogen-bond acceptors (Lipinski definition) is 9. The van der Waals surface area contributed by atoms with E-state index in [1.807, 2.05) is 28.7 Å². The average Bonchev–Trinajstić information content (AvgIpc) is 3.35. The summed E-state index contributed by atoms with van der Waals surface area (Å²) >= 11 is 8.09. The first-order valence-electron chi connectivity index (χ1n) is 9.91. The van der Waals surface area contributed by atoms with E-state index in [0.29, 0.717) is 32.6 Å². The van der Waals surface area contributed by atoms with E-state index < -0.39 is 11.9 Å². The minimum absolute atomic E-state index is 0.251. The van der Waals surface area contributed by atoms with Gasteiger partial charge in [-0.3, -0.25) is 8.97 Å². The zero-order valence-corrected chi connectivity index (χ0v) is 19.6. The molecule has 0 atom stereocenters. The molecule has 0 fully saturated rings. The molecule has 3 aromatic heterocycles. The Kier molecular flexibility index (Phi) is 5.60. The predicted octanol–water partition coefficient (Wildman–Crippen LogP) is 3.64. The lowest BCUT2D eigenvalue weighted by Crippen LogP contribution is -2.24. The van der Waals surface area contributed by atoms with E-state index >= 15 is 0 Å². The van der Waals surface area contributed by atoms with Crippen molar-refractivity contribution in [2.24, 2.45) is 0 Å². The molecular formula is C22H15N4O4S3-. The van der Waals surface area contributed by atoms with Crippen LogP contribution in [0.4, 0.5) is 0 Å². The van der Waals surface area contributed by atoms with Crippen LogP contribution in [0, 0.1) is 3.95 Å². The van der Waals surface area contributed by atoms with Crippen LogP contribution in [0.25, 0.3) is 32.7 Å². The molecule has 0 aliphatic heterocycles. The normalized spacial score (nSPS) is 11.4. The maximum atomic E-state index is 12.0. The van der Waals surface area contributed by atoms with E-state index in [9.17, 15) is 14.7 Å². The van der Waals surface area contributed by atoms with Gasteiger partial charge in [0.05, 0.1) is 29.2 Å². The number of aliphatic carboxylic acids is 1. The summed E-state index contributed by atoms with van der Waals surface area (Å²) in [6.07, 6.45) is 0. The van der Waals surface area contributed by atoms with Crippen molar-refractivity contribution in [2.75, 3.05) is 12.4 Å². The molecule has 166 valence electrons. The second-order valence-electron chi connectivity index (χ2n) is 6.94. The molecule has 0 spiro atoms. The maximum Gasteiger partial charge on any atom is 0.338 e. The van der Waals surface area contributed by atoms with Crippen molar-refractivity contribution in [3.05, 3.63) is 58.0 Å². The highest BCUT2D eigenvalue weighted by Crippen LogP contribution is 2.34. The monoisotopic (exact) mass is 495 g/mol. The molecule has 5 aromatic rings. The standard InChI is InChI=1S/C22H16N4O4S3/c1-2-30-20(29)12-7-9-13(10-8-12)25-19-17(33-22(25)31)18-23-14-5-3-4-6-15(14)26(18)21(24-19)32-11-16(27)28/h3-10H,2,11H2,1H3,(H,27,28)/p-1. The van der Waals surface area contributed by atoms with Crippen LogP contribution in [-0.2, 0) is 9.53 Å². The lowest BCUT2D eigenvalue weighted by atomic mass is 10.2. The van der Waals surface area contributed by atoms with Crippen LogP contribution < -0.4 is 5.11 Å². The zero-order chi connectivity index (χ0) is 23.1. The number of carboxylic acid groups (broad SMARTS) is 1. The van der Waals surface area contributed by atoms with Crippen molar-refractivity contribution in [1.29, 1.82) is 0 Å². The fraction of sp³-hybridized carbons (Fsp3) is 0.136. The number of thiazole rings is 1. The summed E-state index contributed by atoms with van der Waals surface area (Å²) in [7, 11) is 0. The first kappa shape index (κ1) is 21.6. The Hall–Kier alpha value is -3.28.